The van der Waals surface area contributed by atoms with Crippen molar-refractivity contribution in [1.29, 1.82) is 0 Å². The van der Waals surface area contributed by atoms with E-state index in [2.05, 4.69) is 16.6 Å². The van der Waals surface area contributed by atoms with E-state index in [-0.39, 0.29) is 24.0 Å². The summed E-state index contributed by atoms with van der Waals surface area (Å²) in [6.45, 7) is 7.32. The Kier molecular flexibility index (Phi) is 7.79. The highest BCUT2D eigenvalue weighted by molar-refractivity contribution is 7.11. The first kappa shape index (κ1) is 25.5. The molecule has 9 heteroatoms. The maximum Gasteiger partial charge on any atom is 0.242 e. The minimum absolute atomic E-state index is 0.0430. The number of hydrogen-bond acceptors (Lipinski definition) is 5. The Balaban J connectivity index is 1.57. The van der Waals surface area contributed by atoms with Crippen molar-refractivity contribution < 1.29 is 18.3 Å². The number of thiazole rings is 1. The molecule has 1 aliphatic heterocycles. The molecule has 0 unspecified atom stereocenters. The zero-order chi connectivity index (χ0) is 25.8. The Labute approximate surface area is 213 Å². The third-order valence-corrected chi connectivity index (χ3v) is 7.10. The van der Waals surface area contributed by atoms with Crippen molar-refractivity contribution in [3.8, 4) is 5.75 Å². The Morgan fingerprint density at radius 1 is 1.17 bits per heavy atom. The predicted octanol–water partition coefficient (Wildman–Crippen LogP) is 4.72. The van der Waals surface area contributed by atoms with E-state index in [1.54, 1.807) is 41.5 Å². The lowest BCUT2D eigenvalue weighted by Crippen LogP contribution is -2.42. The second-order valence-electron chi connectivity index (χ2n) is 8.58. The topological polar surface area (TPSA) is 58.0 Å². The molecule has 0 aliphatic carbocycles. The van der Waals surface area contributed by atoms with Gasteiger partial charge >= 0.3 is 0 Å². The number of likely N-dealkylation sites (N-methyl/N-ethyl adjacent to an activating group) is 1. The summed E-state index contributed by atoms with van der Waals surface area (Å²) in [6.07, 6.45) is 1.51. The van der Waals surface area contributed by atoms with Crippen LogP contribution in [0.25, 0.3) is 5.70 Å². The smallest absolute Gasteiger partial charge is 0.242 e. The van der Waals surface area contributed by atoms with Gasteiger partial charge in [-0.2, -0.15) is 0 Å². The van der Waals surface area contributed by atoms with Gasteiger partial charge in [-0.05, 0) is 55.0 Å². The molecule has 6 nitrogen and oxygen atoms in total. The van der Waals surface area contributed by atoms with E-state index in [1.165, 1.54) is 36.3 Å². The fourth-order valence-corrected chi connectivity index (χ4v) is 5.09. The van der Waals surface area contributed by atoms with Crippen molar-refractivity contribution in [1.82, 2.24) is 14.8 Å². The van der Waals surface area contributed by atoms with Crippen molar-refractivity contribution in [2.75, 3.05) is 33.8 Å². The summed E-state index contributed by atoms with van der Waals surface area (Å²) >= 11 is 1.69. The van der Waals surface area contributed by atoms with E-state index in [0.29, 0.717) is 35.7 Å². The van der Waals surface area contributed by atoms with Crippen molar-refractivity contribution in [2.24, 2.45) is 4.99 Å². The van der Waals surface area contributed by atoms with E-state index >= 15 is 0 Å². The largest absolute Gasteiger partial charge is 0.494 e. The Bertz CT molecular complexity index is 1280. The number of rotatable bonds is 6. The first-order chi connectivity index (χ1) is 17.2. The number of aryl methyl sites for hydroxylation is 1. The lowest BCUT2D eigenvalue weighted by Gasteiger charge is -2.26. The molecule has 0 bridgehead atoms. The van der Waals surface area contributed by atoms with Gasteiger partial charge in [-0.25, -0.2) is 18.8 Å². The summed E-state index contributed by atoms with van der Waals surface area (Å²) in [5.41, 5.74) is 2.65. The van der Waals surface area contributed by atoms with E-state index in [4.69, 9.17) is 4.74 Å². The SMILES string of the molecule is C=C(N=C(c1ccc(F)c(OC)c1)N(C)CC(=O)N1CCc2nc(C)sc2CC1)c1ccc(F)cc1. The third kappa shape index (κ3) is 5.79. The quantitative estimate of drug-likeness (QED) is 0.356. The van der Waals surface area contributed by atoms with Gasteiger partial charge in [-0.15, -0.1) is 11.3 Å². The maximum absolute atomic E-state index is 14.1. The number of amidine groups is 1. The van der Waals surface area contributed by atoms with Crippen LogP contribution >= 0.6 is 11.3 Å². The van der Waals surface area contributed by atoms with Crippen LogP contribution in [0.4, 0.5) is 8.78 Å². The van der Waals surface area contributed by atoms with Gasteiger partial charge < -0.3 is 14.5 Å². The number of carbonyl (C=O) groups is 1. The number of nitrogens with zero attached hydrogens (tertiary/aromatic N) is 4. The number of methoxy groups -OCH3 is 1. The molecule has 1 aromatic heterocycles. The van der Waals surface area contributed by atoms with Crippen LogP contribution in [0.2, 0.25) is 0 Å². The minimum Gasteiger partial charge on any atom is -0.494 e. The zero-order valence-corrected chi connectivity index (χ0v) is 21.4. The number of halogens is 2. The number of benzene rings is 2. The Morgan fingerprint density at radius 2 is 1.86 bits per heavy atom. The third-order valence-electron chi connectivity index (χ3n) is 6.03. The van der Waals surface area contributed by atoms with Crippen LogP contribution in [0.3, 0.4) is 0 Å². The Morgan fingerprint density at radius 3 is 2.58 bits per heavy atom. The molecule has 188 valence electrons. The zero-order valence-electron chi connectivity index (χ0n) is 20.6. The first-order valence-corrected chi connectivity index (χ1v) is 12.4. The summed E-state index contributed by atoms with van der Waals surface area (Å²) in [6, 6.07) is 10.2. The molecule has 3 aromatic rings. The van der Waals surface area contributed by atoms with Crippen LogP contribution in [0.1, 0.15) is 26.7 Å². The fraction of sp³-hybridized carbons (Fsp3) is 0.296. The van der Waals surface area contributed by atoms with E-state index in [1.807, 2.05) is 11.8 Å². The lowest BCUT2D eigenvalue weighted by atomic mass is 10.1. The number of hydrogen-bond donors (Lipinski definition) is 0. The molecule has 0 saturated heterocycles. The molecule has 4 rings (SSSR count). The monoisotopic (exact) mass is 510 g/mol. The standard InChI is InChI=1S/C27H28F2N4O2S/c1-17(19-5-8-21(28)9-6-19)30-27(20-7-10-22(29)24(15-20)35-4)32(3)16-26(34)33-13-11-23-25(12-14-33)36-18(2)31-23/h5-10,15H,1,11-14,16H2,2-4H3. The average molecular weight is 511 g/mol. The van der Waals surface area contributed by atoms with Gasteiger partial charge in [0, 0.05) is 43.4 Å². The van der Waals surface area contributed by atoms with Crippen LogP contribution in [0.5, 0.6) is 5.75 Å². The van der Waals surface area contributed by atoms with Crippen LogP contribution in [-0.4, -0.2) is 60.3 Å². The van der Waals surface area contributed by atoms with E-state index < -0.39 is 5.82 Å². The highest BCUT2D eigenvalue weighted by Gasteiger charge is 2.23. The van der Waals surface area contributed by atoms with Gasteiger partial charge in [0.2, 0.25) is 5.91 Å². The predicted molar refractivity (Wildman–Crippen MR) is 138 cm³/mol. The number of amides is 1. The van der Waals surface area contributed by atoms with Gasteiger partial charge in [-0.1, -0.05) is 6.58 Å². The van der Waals surface area contributed by atoms with Gasteiger partial charge in [0.25, 0.3) is 0 Å². The maximum atomic E-state index is 14.1. The molecule has 36 heavy (non-hydrogen) atoms. The number of fused-ring (bicyclic) bond motifs is 1. The molecule has 2 aromatic carbocycles. The molecular formula is C27H28F2N4O2S. The number of aliphatic imine (C=N–C) groups is 1. The van der Waals surface area contributed by atoms with Crippen molar-refractivity contribution in [3.05, 3.63) is 87.4 Å². The normalized spacial score (nSPS) is 13.7. The van der Waals surface area contributed by atoms with Gasteiger partial charge in [0.05, 0.1) is 30.1 Å². The molecule has 2 heterocycles. The Hall–Kier alpha value is -3.59. The van der Waals surface area contributed by atoms with Crippen LogP contribution < -0.4 is 4.74 Å². The van der Waals surface area contributed by atoms with Crippen molar-refractivity contribution >= 4 is 28.8 Å². The van der Waals surface area contributed by atoms with Crippen LogP contribution in [-0.2, 0) is 17.6 Å². The fourth-order valence-electron chi connectivity index (χ4n) is 4.12. The van der Waals surface area contributed by atoms with Crippen LogP contribution in [0.15, 0.2) is 54.0 Å². The molecule has 0 spiro atoms. The summed E-state index contributed by atoms with van der Waals surface area (Å²) < 4.78 is 32.6. The highest BCUT2D eigenvalue weighted by Crippen LogP contribution is 2.24. The highest BCUT2D eigenvalue weighted by atomic mass is 32.1. The van der Waals surface area contributed by atoms with Crippen LogP contribution in [0, 0.1) is 18.6 Å². The summed E-state index contributed by atoms with van der Waals surface area (Å²) in [4.78, 5) is 27.3. The van der Waals surface area contributed by atoms with Crippen molar-refractivity contribution in [2.45, 2.75) is 19.8 Å². The first-order valence-electron chi connectivity index (χ1n) is 11.6. The molecule has 0 N–H and O–H groups in total. The second-order valence-corrected chi connectivity index (χ2v) is 9.87. The number of carbonyl (C=O) groups excluding carboxylic acids is 1. The molecule has 0 radical (unpaired) electrons. The minimum atomic E-state index is -0.502. The van der Waals surface area contributed by atoms with Crippen molar-refractivity contribution in [3.63, 3.8) is 0 Å². The van der Waals surface area contributed by atoms with Gasteiger partial charge in [0.15, 0.2) is 11.6 Å². The van der Waals surface area contributed by atoms with Gasteiger partial charge in [0.1, 0.15) is 11.7 Å². The molecule has 0 saturated carbocycles. The molecule has 0 fully saturated rings. The van der Waals surface area contributed by atoms with Gasteiger partial charge in [-0.3, -0.25) is 4.79 Å². The number of aromatic nitrogens is 1. The summed E-state index contributed by atoms with van der Waals surface area (Å²) in [5, 5.41) is 1.05. The van der Waals surface area contributed by atoms with E-state index in [0.717, 1.165) is 23.5 Å². The summed E-state index contributed by atoms with van der Waals surface area (Å²) in [7, 11) is 3.14. The average Bonchev–Trinajstić information content (AvgIpc) is 3.10. The molecule has 1 aliphatic rings. The molecule has 0 atom stereocenters. The molecule has 1 amide bonds. The number of ether oxygens (including phenoxy) is 1. The van der Waals surface area contributed by atoms with E-state index in [9.17, 15) is 13.6 Å². The summed E-state index contributed by atoms with van der Waals surface area (Å²) in [5.74, 6) is -0.425. The lowest BCUT2D eigenvalue weighted by molar-refractivity contribution is -0.131. The molecular weight excluding hydrogens is 482 g/mol. The second kappa shape index (κ2) is 11.0.